The van der Waals surface area contributed by atoms with Crippen molar-refractivity contribution in [3.05, 3.63) is 42.2 Å². The molecular formula is C20H28N4O2. The van der Waals surface area contributed by atoms with Gasteiger partial charge in [0.15, 0.2) is 0 Å². The number of benzene rings is 1. The van der Waals surface area contributed by atoms with E-state index in [2.05, 4.69) is 21.1 Å². The van der Waals surface area contributed by atoms with Crippen molar-refractivity contribution in [2.45, 2.75) is 25.4 Å². The summed E-state index contributed by atoms with van der Waals surface area (Å²) in [5.41, 5.74) is 2.23. The van der Waals surface area contributed by atoms with Crippen molar-refractivity contribution < 1.29 is 9.47 Å². The maximum atomic E-state index is 5.50. The standard InChI is InChI=1S/C20H28N4O2/c1-25-20-7-3-2-6-19(20)24-15-17(13-21-24)14-22-8-4-5-18(16-22)23-9-11-26-12-10-23/h2-3,6-7,13,15,18H,4-5,8-12,14,16H2,1H3/t18-/m1/s1. The summed E-state index contributed by atoms with van der Waals surface area (Å²) >= 11 is 0. The van der Waals surface area contributed by atoms with Gasteiger partial charge in [-0.2, -0.15) is 5.10 Å². The summed E-state index contributed by atoms with van der Waals surface area (Å²) in [6.45, 7) is 7.16. The van der Waals surface area contributed by atoms with Crippen LogP contribution in [0.2, 0.25) is 0 Å². The van der Waals surface area contributed by atoms with Gasteiger partial charge in [0, 0.05) is 44.0 Å². The van der Waals surface area contributed by atoms with Gasteiger partial charge in [0.25, 0.3) is 0 Å². The maximum absolute atomic E-state index is 5.50. The molecule has 2 saturated heterocycles. The number of piperidine rings is 1. The van der Waals surface area contributed by atoms with E-state index >= 15 is 0 Å². The number of methoxy groups -OCH3 is 1. The number of ether oxygens (including phenoxy) is 2. The molecule has 26 heavy (non-hydrogen) atoms. The van der Waals surface area contributed by atoms with E-state index in [9.17, 15) is 0 Å². The van der Waals surface area contributed by atoms with Gasteiger partial charge in [-0.05, 0) is 31.5 Å². The minimum atomic E-state index is 0.664. The SMILES string of the molecule is COc1ccccc1-n1cc(CN2CCC[C@@H](N3CCOCC3)C2)cn1. The van der Waals surface area contributed by atoms with Crippen molar-refractivity contribution in [1.82, 2.24) is 19.6 Å². The lowest BCUT2D eigenvalue weighted by atomic mass is 10.0. The highest BCUT2D eigenvalue weighted by molar-refractivity contribution is 5.46. The molecule has 1 atom stereocenters. The summed E-state index contributed by atoms with van der Waals surface area (Å²) in [4.78, 5) is 5.17. The van der Waals surface area contributed by atoms with Gasteiger partial charge in [-0.1, -0.05) is 12.1 Å². The van der Waals surface area contributed by atoms with Crippen LogP contribution < -0.4 is 4.74 Å². The zero-order valence-electron chi connectivity index (χ0n) is 15.5. The third-order valence-corrected chi connectivity index (χ3v) is 5.42. The summed E-state index contributed by atoms with van der Waals surface area (Å²) in [6, 6.07) is 8.65. The van der Waals surface area contributed by atoms with E-state index in [0.29, 0.717) is 6.04 Å². The predicted molar refractivity (Wildman–Crippen MR) is 101 cm³/mol. The van der Waals surface area contributed by atoms with E-state index in [0.717, 1.165) is 50.8 Å². The fourth-order valence-electron chi connectivity index (χ4n) is 4.07. The van der Waals surface area contributed by atoms with Gasteiger partial charge in [0.05, 0.1) is 26.5 Å². The van der Waals surface area contributed by atoms with Crippen LogP contribution in [0.5, 0.6) is 5.75 Å². The first kappa shape index (κ1) is 17.5. The van der Waals surface area contributed by atoms with Crippen LogP contribution in [-0.4, -0.2) is 72.1 Å². The molecule has 0 amide bonds. The lowest BCUT2D eigenvalue weighted by molar-refractivity contribution is -0.00358. The van der Waals surface area contributed by atoms with Gasteiger partial charge in [-0.25, -0.2) is 4.68 Å². The number of rotatable bonds is 5. The van der Waals surface area contributed by atoms with Gasteiger partial charge < -0.3 is 9.47 Å². The first-order chi connectivity index (χ1) is 12.8. The third kappa shape index (κ3) is 3.92. The Kier molecular flexibility index (Phi) is 5.53. The number of morpholine rings is 1. The van der Waals surface area contributed by atoms with Crippen LogP contribution >= 0.6 is 0 Å². The van der Waals surface area contributed by atoms with Gasteiger partial charge in [-0.3, -0.25) is 9.80 Å². The second-order valence-electron chi connectivity index (χ2n) is 7.14. The topological polar surface area (TPSA) is 42.8 Å². The Balaban J connectivity index is 1.40. The van der Waals surface area contributed by atoms with Gasteiger partial charge in [-0.15, -0.1) is 0 Å². The second kappa shape index (κ2) is 8.20. The zero-order chi connectivity index (χ0) is 17.8. The van der Waals surface area contributed by atoms with E-state index in [1.807, 2.05) is 35.1 Å². The molecule has 3 heterocycles. The van der Waals surface area contributed by atoms with Crippen molar-refractivity contribution in [2.24, 2.45) is 0 Å². The molecule has 6 heteroatoms. The van der Waals surface area contributed by atoms with E-state index in [1.165, 1.54) is 24.9 Å². The minimum Gasteiger partial charge on any atom is -0.494 e. The summed E-state index contributed by atoms with van der Waals surface area (Å²) in [7, 11) is 1.70. The van der Waals surface area contributed by atoms with Crippen LogP contribution in [-0.2, 0) is 11.3 Å². The van der Waals surface area contributed by atoms with Crippen LogP contribution in [0.25, 0.3) is 5.69 Å². The van der Waals surface area contributed by atoms with Gasteiger partial charge in [0.2, 0.25) is 0 Å². The molecule has 1 aromatic heterocycles. The van der Waals surface area contributed by atoms with Crippen LogP contribution in [0.3, 0.4) is 0 Å². The van der Waals surface area contributed by atoms with Crippen LogP contribution in [0.1, 0.15) is 18.4 Å². The number of hydrogen-bond donors (Lipinski definition) is 0. The fraction of sp³-hybridized carbons (Fsp3) is 0.550. The molecule has 2 aliphatic heterocycles. The molecule has 0 unspecified atom stereocenters. The molecule has 0 spiro atoms. The lowest BCUT2D eigenvalue weighted by Gasteiger charge is -2.40. The van der Waals surface area contributed by atoms with E-state index in [4.69, 9.17) is 9.47 Å². The smallest absolute Gasteiger partial charge is 0.144 e. The summed E-state index contributed by atoms with van der Waals surface area (Å²) in [6.07, 6.45) is 6.67. The molecule has 0 N–H and O–H groups in total. The Morgan fingerprint density at radius 2 is 2.04 bits per heavy atom. The van der Waals surface area contributed by atoms with Gasteiger partial charge in [0.1, 0.15) is 11.4 Å². The molecule has 2 aromatic rings. The number of nitrogens with zero attached hydrogens (tertiary/aromatic N) is 4. The molecule has 140 valence electrons. The summed E-state index contributed by atoms with van der Waals surface area (Å²) in [5.74, 6) is 0.840. The highest BCUT2D eigenvalue weighted by Crippen LogP contribution is 2.23. The number of likely N-dealkylation sites (tertiary alicyclic amines) is 1. The van der Waals surface area contributed by atoms with Crippen molar-refractivity contribution in [1.29, 1.82) is 0 Å². The normalized spacial score (nSPS) is 22.4. The van der Waals surface area contributed by atoms with Crippen molar-refractivity contribution >= 4 is 0 Å². The van der Waals surface area contributed by atoms with Gasteiger partial charge >= 0.3 is 0 Å². The quantitative estimate of drug-likeness (QED) is 0.821. The lowest BCUT2D eigenvalue weighted by Crippen LogP contribution is -2.51. The number of para-hydroxylation sites is 2. The summed E-state index contributed by atoms with van der Waals surface area (Å²) in [5, 5.41) is 4.55. The molecular weight excluding hydrogens is 328 g/mol. The van der Waals surface area contributed by atoms with Crippen molar-refractivity contribution in [3.63, 3.8) is 0 Å². The summed E-state index contributed by atoms with van der Waals surface area (Å²) < 4.78 is 12.9. The highest BCUT2D eigenvalue weighted by Gasteiger charge is 2.26. The maximum Gasteiger partial charge on any atom is 0.144 e. The number of hydrogen-bond acceptors (Lipinski definition) is 5. The largest absolute Gasteiger partial charge is 0.494 e. The van der Waals surface area contributed by atoms with Crippen LogP contribution in [0.15, 0.2) is 36.7 Å². The van der Waals surface area contributed by atoms with E-state index in [1.54, 1.807) is 7.11 Å². The third-order valence-electron chi connectivity index (χ3n) is 5.42. The van der Waals surface area contributed by atoms with E-state index < -0.39 is 0 Å². The Labute approximate surface area is 155 Å². The Morgan fingerprint density at radius 3 is 2.88 bits per heavy atom. The minimum absolute atomic E-state index is 0.664. The Hall–Kier alpha value is -1.89. The first-order valence-corrected chi connectivity index (χ1v) is 9.54. The predicted octanol–water partition coefficient (Wildman–Crippen LogP) is 2.18. The highest BCUT2D eigenvalue weighted by atomic mass is 16.5. The fourth-order valence-corrected chi connectivity index (χ4v) is 4.07. The molecule has 4 rings (SSSR count). The van der Waals surface area contributed by atoms with Crippen molar-refractivity contribution in [3.8, 4) is 11.4 Å². The molecule has 6 nitrogen and oxygen atoms in total. The zero-order valence-corrected chi connectivity index (χ0v) is 15.5. The molecule has 2 fully saturated rings. The molecule has 1 aromatic carbocycles. The average Bonchev–Trinajstić information content (AvgIpc) is 3.17. The molecule has 0 radical (unpaired) electrons. The molecule has 0 aliphatic carbocycles. The number of aromatic nitrogens is 2. The molecule has 2 aliphatic rings. The first-order valence-electron chi connectivity index (χ1n) is 9.54. The average molecular weight is 356 g/mol. The monoisotopic (exact) mass is 356 g/mol. The second-order valence-corrected chi connectivity index (χ2v) is 7.14. The van der Waals surface area contributed by atoms with E-state index in [-0.39, 0.29) is 0 Å². The van der Waals surface area contributed by atoms with Crippen LogP contribution in [0, 0.1) is 0 Å². The molecule has 0 bridgehead atoms. The van der Waals surface area contributed by atoms with Crippen molar-refractivity contribution in [2.75, 3.05) is 46.5 Å². The Bertz CT molecular complexity index is 711. The molecule has 0 saturated carbocycles. The van der Waals surface area contributed by atoms with Crippen LogP contribution in [0.4, 0.5) is 0 Å². The Morgan fingerprint density at radius 1 is 1.19 bits per heavy atom.